The van der Waals surface area contributed by atoms with Crippen LogP contribution in [0.2, 0.25) is 0 Å². The Labute approximate surface area is 131 Å². The maximum absolute atomic E-state index is 11.9. The van der Waals surface area contributed by atoms with Gasteiger partial charge in [-0.3, -0.25) is 20.2 Å². The SMILES string of the molecule is CC(C)NC(=O)NC(=O)C(C)OC(=O)c1cc([N+](=O)[O-])cn1C. The van der Waals surface area contributed by atoms with Crippen LogP contribution >= 0.6 is 0 Å². The number of rotatable bonds is 5. The van der Waals surface area contributed by atoms with Crippen molar-refractivity contribution in [1.82, 2.24) is 15.2 Å². The number of aromatic nitrogens is 1. The second-order valence-corrected chi connectivity index (χ2v) is 5.12. The molecule has 0 aliphatic rings. The van der Waals surface area contributed by atoms with E-state index in [2.05, 4.69) is 5.32 Å². The normalized spacial score (nSPS) is 11.7. The van der Waals surface area contributed by atoms with Gasteiger partial charge >= 0.3 is 12.0 Å². The molecule has 0 aliphatic carbocycles. The van der Waals surface area contributed by atoms with Gasteiger partial charge in [-0.05, 0) is 20.8 Å². The van der Waals surface area contributed by atoms with E-state index < -0.39 is 28.9 Å². The van der Waals surface area contributed by atoms with Crippen LogP contribution < -0.4 is 10.6 Å². The lowest BCUT2D eigenvalue weighted by molar-refractivity contribution is -0.384. The summed E-state index contributed by atoms with van der Waals surface area (Å²) in [6, 6.07) is 0.172. The van der Waals surface area contributed by atoms with Crippen LogP contribution in [0.15, 0.2) is 12.3 Å². The Morgan fingerprint density at radius 1 is 1.30 bits per heavy atom. The van der Waals surface area contributed by atoms with E-state index in [1.54, 1.807) is 13.8 Å². The van der Waals surface area contributed by atoms with Gasteiger partial charge in [0.1, 0.15) is 5.69 Å². The Kier molecular flexibility index (Phi) is 5.82. The van der Waals surface area contributed by atoms with Gasteiger partial charge in [-0.25, -0.2) is 9.59 Å². The summed E-state index contributed by atoms with van der Waals surface area (Å²) < 4.78 is 6.12. The molecule has 0 fully saturated rings. The van der Waals surface area contributed by atoms with E-state index in [0.717, 1.165) is 12.3 Å². The van der Waals surface area contributed by atoms with Gasteiger partial charge < -0.3 is 14.6 Å². The molecule has 1 unspecified atom stereocenters. The number of ether oxygens (including phenoxy) is 1. The van der Waals surface area contributed by atoms with Crippen molar-refractivity contribution in [2.75, 3.05) is 0 Å². The van der Waals surface area contributed by atoms with Crippen molar-refractivity contribution in [2.24, 2.45) is 7.05 Å². The molecule has 1 aromatic heterocycles. The predicted molar refractivity (Wildman–Crippen MR) is 78.8 cm³/mol. The van der Waals surface area contributed by atoms with Gasteiger partial charge in [0.15, 0.2) is 6.10 Å². The topological polar surface area (TPSA) is 133 Å². The Hall–Kier alpha value is -2.91. The van der Waals surface area contributed by atoms with Crippen LogP contribution in [-0.4, -0.2) is 39.5 Å². The molecule has 0 aromatic carbocycles. The summed E-state index contributed by atoms with van der Waals surface area (Å²) in [5.41, 5.74) is -0.351. The second-order valence-electron chi connectivity index (χ2n) is 5.12. The minimum atomic E-state index is -1.24. The molecule has 3 amide bonds. The number of nitro groups is 1. The largest absolute Gasteiger partial charge is 0.448 e. The van der Waals surface area contributed by atoms with Crippen molar-refractivity contribution in [3.63, 3.8) is 0 Å². The van der Waals surface area contributed by atoms with Crippen molar-refractivity contribution in [1.29, 1.82) is 0 Å². The van der Waals surface area contributed by atoms with E-state index in [0.29, 0.717) is 0 Å². The zero-order chi connectivity index (χ0) is 17.7. The lowest BCUT2D eigenvalue weighted by Gasteiger charge is -2.14. The van der Waals surface area contributed by atoms with Crippen molar-refractivity contribution in [2.45, 2.75) is 32.9 Å². The van der Waals surface area contributed by atoms with Crippen LogP contribution in [-0.2, 0) is 16.6 Å². The molecule has 2 N–H and O–H groups in total. The first-order valence-electron chi connectivity index (χ1n) is 6.75. The molecule has 0 saturated carbocycles. The summed E-state index contributed by atoms with van der Waals surface area (Å²) in [5.74, 6) is -1.72. The smallest absolute Gasteiger partial charge is 0.355 e. The highest BCUT2D eigenvalue weighted by molar-refractivity contribution is 5.98. The number of hydrogen-bond donors (Lipinski definition) is 2. The number of nitrogens with zero attached hydrogens (tertiary/aromatic N) is 2. The molecular formula is C13H18N4O6. The standard InChI is InChI=1S/C13H18N4O6/c1-7(2)14-13(20)15-11(18)8(3)23-12(19)10-5-9(17(21)22)6-16(10)4/h5-8H,1-4H3,(H2,14,15,18,20). The van der Waals surface area contributed by atoms with E-state index in [1.165, 1.54) is 18.5 Å². The molecule has 1 atom stereocenters. The van der Waals surface area contributed by atoms with Crippen LogP contribution in [0, 0.1) is 10.1 Å². The molecule has 126 valence electrons. The van der Waals surface area contributed by atoms with Crippen LogP contribution in [0.5, 0.6) is 0 Å². The van der Waals surface area contributed by atoms with Gasteiger partial charge in [0, 0.05) is 19.2 Å². The average molecular weight is 326 g/mol. The number of aryl methyl sites for hydroxylation is 1. The Morgan fingerprint density at radius 3 is 2.39 bits per heavy atom. The number of imide groups is 1. The predicted octanol–water partition coefficient (Wildman–Crippen LogP) is 0.713. The second kappa shape index (κ2) is 7.38. The maximum atomic E-state index is 11.9. The number of carbonyl (C=O) groups excluding carboxylic acids is 3. The summed E-state index contributed by atoms with van der Waals surface area (Å²) in [5, 5.41) is 15.1. The minimum absolute atomic E-state index is 0.0806. The first-order valence-corrected chi connectivity index (χ1v) is 6.75. The van der Waals surface area contributed by atoms with Crippen LogP contribution in [0.1, 0.15) is 31.3 Å². The molecule has 1 heterocycles. The van der Waals surface area contributed by atoms with Gasteiger partial charge in [-0.2, -0.15) is 0 Å². The molecule has 1 aromatic rings. The molecule has 23 heavy (non-hydrogen) atoms. The zero-order valence-electron chi connectivity index (χ0n) is 13.2. The van der Waals surface area contributed by atoms with Gasteiger partial charge in [-0.15, -0.1) is 0 Å². The van der Waals surface area contributed by atoms with E-state index in [4.69, 9.17) is 4.74 Å². The van der Waals surface area contributed by atoms with Crippen molar-refractivity contribution in [3.05, 3.63) is 28.1 Å². The quantitative estimate of drug-likeness (QED) is 0.465. The number of amides is 3. The highest BCUT2D eigenvalue weighted by Gasteiger charge is 2.24. The third kappa shape index (κ3) is 5.09. The summed E-state index contributed by atoms with van der Waals surface area (Å²) in [7, 11) is 1.43. The lowest BCUT2D eigenvalue weighted by Crippen LogP contribution is -2.46. The van der Waals surface area contributed by atoms with Crippen LogP contribution in [0.25, 0.3) is 0 Å². The van der Waals surface area contributed by atoms with Crippen LogP contribution in [0.3, 0.4) is 0 Å². The summed E-state index contributed by atoms with van der Waals surface area (Å²) in [6.07, 6.45) is -0.0911. The monoisotopic (exact) mass is 326 g/mol. The van der Waals surface area contributed by atoms with Crippen molar-refractivity contribution < 1.29 is 24.0 Å². The number of hydrogen-bond acceptors (Lipinski definition) is 6. The van der Waals surface area contributed by atoms with Gasteiger partial charge in [0.2, 0.25) is 0 Å². The fourth-order valence-corrected chi connectivity index (χ4v) is 1.64. The molecule has 0 aliphatic heterocycles. The van der Waals surface area contributed by atoms with Gasteiger partial charge in [0.25, 0.3) is 11.6 Å². The Bertz CT molecular complexity index is 636. The Balaban J connectivity index is 2.68. The van der Waals surface area contributed by atoms with Crippen molar-refractivity contribution in [3.8, 4) is 0 Å². The first-order chi connectivity index (χ1) is 10.6. The minimum Gasteiger partial charge on any atom is -0.448 e. The van der Waals surface area contributed by atoms with Gasteiger partial charge in [0.05, 0.1) is 11.1 Å². The van der Waals surface area contributed by atoms with Crippen LogP contribution in [0.4, 0.5) is 10.5 Å². The molecule has 0 bridgehead atoms. The maximum Gasteiger partial charge on any atom is 0.355 e. The Morgan fingerprint density at radius 2 is 1.91 bits per heavy atom. The molecular weight excluding hydrogens is 308 g/mol. The highest BCUT2D eigenvalue weighted by atomic mass is 16.6. The van der Waals surface area contributed by atoms with Gasteiger partial charge in [-0.1, -0.05) is 0 Å². The van der Waals surface area contributed by atoms with E-state index >= 15 is 0 Å². The summed E-state index contributed by atoms with van der Waals surface area (Å²) in [6.45, 7) is 4.72. The highest BCUT2D eigenvalue weighted by Crippen LogP contribution is 2.16. The lowest BCUT2D eigenvalue weighted by atomic mass is 10.3. The summed E-state index contributed by atoms with van der Waals surface area (Å²) in [4.78, 5) is 45.1. The number of urea groups is 1. The zero-order valence-corrected chi connectivity index (χ0v) is 13.2. The molecule has 0 saturated heterocycles. The third-order valence-corrected chi connectivity index (χ3v) is 2.72. The molecule has 1 rings (SSSR count). The molecule has 10 nitrogen and oxygen atoms in total. The molecule has 10 heteroatoms. The average Bonchev–Trinajstić information content (AvgIpc) is 2.79. The number of esters is 1. The fourth-order valence-electron chi connectivity index (χ4n) is 1.64. The van der Waals surface area contributed by atoms with E-state index in [-0.39, 0.29) is 17.4 Å². The molecule has 0 radical (unpaired) electrons. The van der Waals surface area contributed by atoms with E-state index in [1.807, 2.05) is 5.32 Å². The summed E-state index contributed by atoms with van der Waals surface area (Å²) >= 11 is 0. The van der Waals surface area contributed by atoms with Crippen molar-refractivity contribution >= 4 is 23.6 Å². The van der Waals surface area contributed by atoms with E-state index in [9.17, 15) is 24.5 Å². The number of carbonyl (C=O) groups is 3. The fraction of sp³-hybridized carbons (Fsp3) is 0.462. The molecule has 0 spiro atoms. The first kappa shape index (κ1) is 18.1. The third-order valence-electron chi connectivity index (χ3n) is 2.72. The number of nitrogens with one attached hydrogen (secondary N) is 2.